The predicted molar refractivity (Wildman–Crippen MR) is 38.9 cm³/mol. The molecule has 1 N–H and O–H groups in total. The lowest BCUT2D eigenvalue weighted by Crippen LogP contribution is -2.23. The van der Waals surface area contributed by atoms with E-state index < -0.39 is 12.3 Å². The Labute approximate surface area is 72.8 Å². The Bertz CT molecular complexity index is 282. The lowest BCUT2D eigenvalue weighted by Gasteiger charge is -2.15. The first-order valence-corrected chi connectivity index (χ1v) is 3.73. The van der Waals surface area contributed by atoms with E-state index in [-0.39, 0.29) is 5.69 Å². The fourth-order valence-electron chi connectivity index (χ4n) is 1.01. The number of hydrogen-bond donors (Lipinski definition) is 1. The van der Waals surface area contributed by atoms with E-state index in [2.05, 4.69) is 5.10 Å². The second-order valence-corrected chi connectivity index (χ2v) is 2.52. The number of halogens is 3. The number of aromatic nitrogens is 2. The second kappa shape index (κ2) is 3.37. The van der Waals surface area contributed by atoms with Gasteiger partial charge in [-0.2, -0.15) is 18.3 Å². The molecule has 0 aliphatic rings. The Morgan fingerprint density at radius 2 is 2.23 bits per heavy atom. The van der Waals surface area contributed by atoms with Gasteiger partial charge in [0, 0.05) is 12.7 Å². The van der Waals surface area contributed by atoms with Crippen LogP contribution in [0.3, 0.4) is 0 Å². The zero-order valence-electron chi connectivity index (χ0n) is 6.91. The Hall–Kier alpha value is -1.04. The van der Waals surface area contributed by atoms with Crippen molar-refractivity contribution in [3.05, 3.63) is 18.0 Å². The third-order valence-electron chi connectivity index (χ3n) is 1.64. The molecule has 1 aromatic rings. The van der Waals surface area contributed by atoms with Crippen molar-refractivity contribution in [3.63, 3.8) is 0 Å². The van der Waals surface area contributed by atoms with Crippen LogP contribution in [0.1, 0.15) is 18.7 Å². The quantitative estimate of drug-likeness (QED) is 0.774. The van der Waals surface area contributed by atoms with Crippen molar-refractivity contribution < 1.29 is 18.3 Å². The Balaban J connectivity index is 2.94. The first-order chi connectivity index (χ1) is 5.96. The van der Waals surface area contributed by atoms with Gasteiger partial charge in [0.1, 0.15) is 0 Å². The molecule has 0 saturated heterocycles. The van der Waals surface area contributed by atoms with Gasteiger partial charge in [-0.3, -0.25) is 4.68 Å². The molecule has 1 atom stereocenters. The predicted octanol–water partition coefficient (Wildman–Crippen LogP) is 1.50. The van der Waals surface area contributed by atoms with Gasteiger partial charge in [0.05, 0.1) is 5.69 Å². The Morgan fingerprint density at radius 1 is 1.62 bits per heavy atom. The molecule has 13 heavy (non-hydrogen) atoms. The fourth-order valence-corrected chi connectivity index (χ4v) is 1.01. The molecule has 0 amide bonds. The van der Waals surface area contributed by atoms with Gasteiger partial charge in [0.15, 0.2) is 6.10 Å². The summed E-state index contributed by atoms with van der Waals surface area (Å²) in [5.74, 6) is 0. The number of aliphatic hydroxyl groups excluding tert-OH is 1. The zero-order chi connectivity index (χ0) is 10.1. The van der Waals surface area contributed by atoms with Gasteiger partial charge in [-0.25, -0.2) is 0 Å². The molecule has 0 aliphatic heterocycles. The molecular formula is C7H9F3N2O. The molecule has 6 heteroatoms. The van der Waals surface area contributed by atoms with Gasteiger partial charge in [-0.05, 0) is 13.0 Å². The minimum Gasteiger partial charge on any atom is -0.378 e. The summed E-state index contributed by atoms with van der Waals surface area (Å²) in [5, 5.41) is 12.5. The topological polar surface area (TPSA) is 38.0 Å². The van der Waals surface area contributed by atoms with E-state index in [1.165, 1.54) is 6.20 Å². The normalized spacial score (nSPS) is 14.5. The van der Waals surface area contributed by atoms with Crippen molar-refractivity contribution in [1.82, 2.24) is 9.78 Å². The van der Waals surface area contributed by atoms with Crippen LogP contribution in [0.5, 0.6) is 0 Å². The number of aryl methyl sites for hydroxylation is 1. The molecule has 3 nitrogen and oxygen atoms in total. The van der Waals surface area contributed by atoms with E-state index in [0.717, 1.165) is 10.7 Å². The highest BCUT2D eigenvalue weighted by atomic mass is 19.4. The summed E-state index contributed by atoms with van der Waals surface area (Å²) in [4.78, 5) is 0. The summed E-state index contributed by atoms with van der Waals surface area (Å²) in [6.45, 7) is 1.95. The lowest BCUT2D eigenvalue weighted by atomic mass is 10.2. The van der Waals surface area contributed by atoms with Gasteiger partial charge < -0.3 is 5.11 Å². The highest BCUT2D eigenvalue weighted by Gasteiger charge is 2.41. The van der Waals surface area contributed by atoms with Crippen molar-refractivity contribution >= 4 is 0 Å². The van der Waals surface area contributed by atoms with E-state index in [0.29, 0.717) is 6.54 Å². The molecule has 0 spiro atoms. The SMILES string of the molecule is CCn1nccc1[C@H](O)C(F)(F)F. The highest BCUT2D eigenvalue weighted by Crippen LogP contribution is 2.31. The third-order valence-corrected chi connectivity index (χ3v) is 1.64. The monoisotopic (exact) mass is 194 g/mol. The summed E-state index contributed by atoms with van der Waals surface area (Å²) in [6.07, 6.45) is -5.85. The van der Waals surface area contributed by atoms with Crippen LogP contribution in [0.25, 0.3) is 0 Å². The number of hydrogen-bond acceptors (Lipinski definition) is 2. The maximum Gasteiger partial charge on any atom is 0.420 e. The van der Waals surface area contributed by atoms with Crippen molar-refractivity contribution in [2.24, 2.45) is 0 Å². The minimum atomic E-state index is -4.63. The minimum absolute atomic E-state index is 0.227. The van der Waals surface area contributed by atoms with Crippen molar-refractivity contribution in [1.29, 1.82) is 0 Å². The van der Waals surface area contributed by atoms with Crippen LogP contribution in [0.2, 0.25) is 0 Å². The van der Waals surface area contributed by atoms with Crippen LogP contribution in [-0.2, 0) is 6.54 Å². The summed E-state index contributed by atoms with van der Waals surface area (Å²) < 4.78 is 37.2. The standard InChI is InChI=1S/C7H9F3N2O/c1-2-12-5(3-4-11-12)6(13)7(8,9)10/h3-4,6,13H,2H2,1H3/t6-/m0/s1. The molecule has 74 valence electrons. The van der Waals surface area contributed by atoms with Gasteiger partial charge >= 0.3 is 6.18 Å². The highest BCUT2D eigenvalue weighted by molar-refractivity contribution is 5.06. The van der Waals surface area contributed by atoms with Crippen LogP contribution in [-0.4, -0.2) is 21.1 Å². The van der Waals surface area contributed by atoms with Gasteiger partial charge in [-0.15, -0.1) is 0 Å². The molecule has 0 fully saturated rings. The molecular weight excluding hydrogens is 185 g/mol. The number of alkyl halides is 3. The van der Waals surface area contributed by atoms with Gasteiger partial charge in [-0.1, -0.05) is 0 Å². The third kappa shape index (κ3) is 2.00. The number of aliphatic hydroxyl groups is 1. The van der Waals surface area contributed by atoms with Crippen LogP contribution in [0, 0.1) is 0 Å². The molecule has 1 aromatic heterocycles. The van der Waals surface area contributed by atoms with Crippen molar-refractivity contribution in [3.8, 4) is 0 Å². The largest absolute Gasteiger partial charge is 0.420 e. The smallest absolute Gasteiger partial charge is 0.378 e. The number of rotatable bonds is 2. The summed E-state index contributed by atoms with van der Waals surface area (Å²) in [7, 11) is 0. The summed E-state index contributed by atoms with van der Waals surface area (Å²) in [5.41, 5.74) is -0.227. The maximum atomic E-state index is 12.0. The average Bonchev–Trinajstić information content (AvgIpc) is 2.48. The summed E-state index contributed by atoms with van der Waals surface area (Å²) in [6, 6.07) is 1.15. The molecule has 0 unspecified atom stereocenters. The van der Waals surface area contributed by atoms with E-state index in [1.807, 2.05) is 0 Å². The average molecular weight is 194 g/mol. The van der Waals surface area contributed by atoms with Crippen LogP contribution >= 0.6 is 0 Å². The molecule has 0 bridgehead atoms. The molecule has 1 heterocycles. The van der Waals surface area contributed by atoms with Gasteiger partial charge in [0.25, 0.3) is 0 Å². The van der Waals surface area contributed by atoms with Crippen LogP contribution < -0.4 is 0 Å². The molecule has 0 aliphatic carbocycles. The second-order valence-electron chi connectivity index (χ2n) is 2.52. The molecule has 0 aromatic carbocycles. The van der Waals surface area contributed by atoms with E-state index >= 15 is 0 Å². The molecule has 0 radical (unpaired) electrons. The van der Waals surface area contributed by atoms with Gasteiger partial charge in [0.2, 0.25) is 0 Å². The van der Waals surface area contributed by atoms with Crippen LogP contribution in [0.4, 0.5) is 13.2 Å². The Morgan fingerprint density at radius 3 is 2.69 bits per heavy atom. The van der Waals surface area contributed by atoms with E-state index in [9.17, 15) is 13.2 Å². The van der Waals surface area contributed by atoms with Crippen molar-refractivity contribution in [2.45, 2.75) is 25.7 Å². The first-order valence-electron chi connectivity index (χ1n) is 3.73. The van der Waals surface area contributed by atoms with E-state index in [1.54, 1.807) is 6.92 Å². The first kappa shape index (κ1) is 10.0. The number of nitrogens with zero attached hydrogens (tertiary/aromatic N) is 2. The zero-order valence-corrected chi connectivity index (χ0v) is 6.91. The lowest BCUT2D eigenvalue weighted by molar-refractivity contribution is -0.208. The molecule has 1 rings (SSSR count). The Kier molecular flexibility index (Phi) is 2.60. The van der Waals surface area contributed by atoms with Crippen molar-refractivity contribution in [2.75, 3.05) is 0 Å². The maximum absolute atomic E-state index is 12.0. The van der Waals surface area contributed by atoms with Crippen LogP contribution in [0.15, 0.2) is 12.3 Å². The summed E-state index contributed by atoms with van der Waals surface area (Å²) >= 11 is 0. The fraction of sp³-hybridized carbons (Fsp3) is 0.571. The van der Waals surface area contributed by atoms with E-state index in [4.69, 9.17) is 5.11 Å². The molecule has 0 saturated carbocycles.